The molecule has 0 N–H and O–H groups in total. The summed E-state index contributed by atoms with van der Waals surface area (Å²) in [6.07, 6.45) is 4.97. The van der Waals surface area contributed by atoms with Crippen LogP contribution in [0.15, 0.2) is 53.4 Å². The second kappa shape index (κ2) is 7.89. The Kier molecular flexibility index (Phi) is 5.61. The highest BCUT2D eigenvalue weighted by molar-refractivity contribution is 8.19. The summed E-state index contributed by atoms with van der Waals surface area (Å²) in [6.45, 7) is 2.15. The van der Waals surface area contributed by atoms with Crippen molar-refractivity contribution in [3.63, 3.8) is 0 Å². The van der Waals surface area contributed by atoms with Crippen LogP contribution in [0.4, 0.5) is 10.5 Å². The molecule has 1 fully saturated rings. The SMILES string of the molecule is CCCCc1ccc(N2C(=O)S/C(=C\c3cccc(Cl)c3)C2=O)cc1. The van der Waals surface area contributed by atoms with Crippen LogP contribution in [0.25, 0.3) is 6.08 Å². The number of nitrogens with zero attached hydrogens (tertiary/aromatic N) is 1. The van der Waals surface area contributed by atoms with Gasteiger partial charge in [0.1, 0.15) is 0 Å². The van der Waals surface area contributed by atoms with Crippen LogP contribution in [0.5, 0.6) is 0 Å². The number of anilines is 1. The number of thioether (sulfide) groups is 1. The van der Waals surface area contributed by atoms with Crippen LogP contribution in [-0.4, -0.2) is 11.1 Å². The van der Waals surface area contributed by atoms with Crippen molar-refractivity contribution >= 4 is 46.3 Å². The highest BCUT2D eigenvalue weighted by Crippen LogP contribution is 2.36. The first-order chi connectivity index (χ1) is 12.1. The number of benzene rings is 2. The fraction of sp³-hybridized carbons (Fsp3) is 0.200. The van der Waals surface area contributed by atoms with Gasteiger partial charge in [0, 0.05) is 5.02 Å². The van der Waals surface area contributed by atoms with Gasteiger partial charge in [0.25, 0.3) is 11.1 Å². The number of amides is 2. The van der Waals surface area contributed by atoms with Gasteiger partial charge >= 0.3 is 0 Å². The predicted molar refractivity (Wildman–Crippen MR) is 105 cm³/mol. The first-order valence-corrected chi connectivity index (χ1v) is 9.40. The summed E-state index contributed by atoms with van der Waals surface area (Å²) in [7, 11) is 0. The Bertz CT molecular complexity index is 830. The van der Waals surface area contributed by atoms with E-state index >= 15 is 0 Å². The molecule has 0 radical (unpaired) electrons. The Hall–Kier alpha value is -2.04. The summed E-state index contributed by atoms with van der Waals surface area (Å²) in [5.74, 6) is -0.295. The van der Waals surface area contributed by atoms with E-state index in [0.29, 0.717) is 15.6 Å². The minimum Gasteiger partial charge on any atom is -0.268 e. The molecule has 3 rings (SSSR count). The van der Waals surface area contributed by atoms with Crippen molar-refractivity contribution in [1.29, 1.82) is 0 Å². The maximum absolute atomic E-state index is 12.6. The summed E-state index contributed by atoms with van der Waals surface area (Å²) >= 11 is 6.92. The number of carbonyl (C=O) groups is 2. The molecular weight excluding hydrogens is 354 g/mol. The van der Waals surface area contributed by atoms with E-state index in [1.807, 2.05) is 36.4 Å². The molecule has 0 spiro atoms. The van der Waals surface area contributed by atoms with Crippen LogP contribution in [0.3, 0.4) is 0 Å². The van der Waals surface area contributed by atoms with Crippen LogP contribution in [0.2, 0.25) is 5.02 Å². The first kappa shape index (κ1) is 17.8. The molecule has 2 amide bonds. The third-order valence-corrected chi connectivity index (χ3v) is 5.06. The van der Waals surface area contributed by atoms with Crippen molar-refractivity contribution < 1.29 is 9.59 Å². The third kappa shape index (κ3) is 4.14. The molecule has 0 saturated carbocycles. The van der Waals surface area contributed by atoms with Crippen molar-refractivity contribution in [1.82, 2.24) is 0 Å². The monoisotopic (exact) mass is 371 g/mol. The van der Waals surface area contributed by atoms with Crippen LogP contribution in [0, 0.1) is 0 Å². The van der Waals surface area contributed by atoms with E-state index in [-0.39, 0.29) is 11.1 Å². The molecule has 25 heavy (non-hydrogen) atoms. The van der Waals surface area contributed by atoms with Crippen LogP contribution in [-0.2, 0) is 11.2 Å². The zero-order chi connectivity index (χ0) is 17.8. The van der Waals surface area contributed by atoms with Gasteiger partial charge < -0.3 is 0 Å². The van der Waals surface area contributed by atoms with Gasteiger partial charge in [-0.05, 0) is 66.1 Å². The Morgan fingerprint density at radius 3 is 2.56 bits per heavy atom. The van der Waals surface area contributed by atoms with Gasteiger partial charge in [-0.15, -0.1) is 0 Å². The number of hydrogen-bond donors (Lipinski definition) is 0. The minimum atomic E-state index is -0.295. The topological polar surface area (TPSA) is 37.4 Å². The number of unbranched alkanes of at least 4 members (excludes halogenated alkanes) is 1. The van der Waals surface area contributed by atoms with E-state index in [9.17, 15) is 9.59 Å². The average Bonchev–Trinajstić information content (AvgIpc) is 2.87. The molecule has 1 saturated heterocycles. The third-order valence-electron chi connectivity index (χ3n) is 3.95. The minimum absolute atomic E-state index is 0.278. The molecule has 0 atom stereocenters. The van der Waals surface area contributed by atoms with Gasteiger partial charge in [0.15, 0.2) is 0 Å². The number of imide groups is 1. The summed E-state index contributed by atoms with van der Waals surface area (Å²) in [5.41, 5.74) is 2.62. The van der Waals surface area contributed by atoms with Gasteiger partial charge in [0.2, 0.25) is 0 Å². The highest BCUT2D eigenvalue weighted by Gasteiger charge is 2.36. The first-order valence-electron chi connectivity index (χ1n) is 8.21. The van der Waals surface area contributed by atoms with Crippen LogP contribution < -0.4 is 4.90 Å². The molecule has 0 unspecified atom stereocenters. The molecule has 0 aliphatic carbocycles. The molecule has 0 aromatic heterocycles. The van der Waals surface area contributed by atoms with E-state index < -0.39 is 0 Å². The lowest BCUT2D eigenvalue weighted by atomic mass is 10.1. The van der Waals surface area contributed by atoms with Gasteiger partial charge in [0.05, 0.1) is 10.6 Å². The van der Waals surface area contributed by atoms with E-state index in [0.717, 1.165) is 36.6 Å². The normalized spacial score (nSPS) is 16.1. The number of aryl methyl sites for hydroxylation is 1. The van der Waals surface area contributed by atoms with Crippen molar-refractivity contribution in [3.05, 3.63) is 69.6 Å². The molecule has 5 heteroatoms. The van der Waals surface area contributed by atoms with Gasteiger partial charge in [-0.1, -0.05) is 49.2 Å². The van der Waals surface area contributed by atoms with E-state index in [4.69, 9.17) is 11.6 Å². The largest absolute Gasteiger partial charge is 0.298 e. The second-order valence-corrected chi connectivity index (χ2v) is 7.27. The van der Waals surface area contributed by atoms with Crippen molar-refractivity contribution in [2.24, 2.45) is 0 Å². The molecular formula is C20H18ClNO2S. The number of carbonyl (C=O) groups excluding carboxylic acids is 2. The van der Waals surface area contributed by atoms with Crippen LogP contribution >= 0.6 is 23.4 Å². The zero-order valence-corrected chi connectivity index (χ0v) is 15.4. The molecule has 128 valence electrons. The molecule has 1 aliphatic rings. The standard InChI is InChI=1S/C20H18ClNO2S/c1-2-3-5-14-8-10-17(11-9-14)22-19(23)18(25-20(22)24)13-15-6-4-7-16(21)12-15/h4,6-13H,2-3,5H2,1H3/b18-13-. The Balaban J connectivity index is 1.81. The number of halogens is 1. The summed E-state index contributed by atoms with van der Waals surface area (Å²) in [4.78, 5) is 26.6. The molecule has 2 aromatic rings. The fourth-order valence-electron chi connectivity index (χ4n) is 2.63. The summed E-state index contributed by atoms with van der Waals surface area (Å²) in [6, 6.07) is 14.8. The highest BCUT2D eigenvalue weighted by atomic mass is 35.5. The fourth-order valence-corrected chi connectivity index (χ4v) is 3.67. The van der Waals surface area contributed by atoms with Crippen molar-refractivity contribution in [2.75, 3.05) is 4.90 Å². The Morgan fingerprint density at radius 1 is 1.12 bits per heavy atom. The molecule has 1 heterocycles. The van der Waals surface area contributed by atoms with Gasteiger partial charge in [-0.25, -0.2) is 4.90 Å². The summed E-state index contributed by atoms with van der Waals surface area (Å²) < 4.78 is 0. The number of rotatable bonds is 5. The molecule has 0 bridgehead atoms. The van der Waals surface area contributed by atoms with E-state index in [1.165, 1.54) is 10.5 Å². The van der Waals surface area contributed by atoms with Crippen molar-refractivity contribution in [3.8, 4) is 0 Å². The predicted octanol–water partition coefficient (Wildman–Crippen LogP) is 5.92. The molecule has 3 nitrogen and oxygen atoms in total. The average molecular weight is 372 g/mol. The summed E-state index contributed by atoms with van der Waals surface area (Å²) in [5, 5.41) is 0.315. The smallest absolute Gasteiger partial charge is 0.268 e. The van der Waals surface area contributed by atoms with Crippen molar-refractivity contribution in [2.45, 2.75) is 26.2 Å². The molecule has 2 aromatic carbocycles. The van der Waals surface area contributed by atoms with E-state index in [1.54, 1.807) is 18.2 Å². The zero-order valence-electron chi connectivity index (χ0n) is 13.9. The second-order valence-electron chi connectivity index (χ2n) is 5.84. The molecule has 1 aliphatic heterocycles. The van der Waals surface area contributed by atoms with Crippen LogP contribution in [0.1, 0.15) is 30.9 Å². The lowest BCUT2D eigenvalue weighted by Crippen LogP contribution is -2.27. The number of hydrogen-bond acceptors (Lipinski definition) is 3. The Labute approximate surface area is 156 Å². The van der Waals surface area contributed by atoms with E-state index in [2.05, 4.69) is 6.92 Å². The lowest BCUT2D eigenvalue weighted by Gasteiger charge is -2.13. The maximum Gasteiger partial charge on any atom is 0.298 e. The quantitative estimate of drug-likeness (QED) is 0.612. The van der Waals surface area contributed by atoms with Gasteiger partial charge in [-0.3, -0.25) is 9.59 Å². The maximum atomic E-state index is 12.6. The lowest BCUT2D eigenvalue weighted by molar-refractivity contribution is -0.113. The Morgan fingerprint density at radius 2 is 1.88 bits per heavy atom. The van der Waals surface area contributed by atoms with Gasteiger partial charge in [-0.2, -0.15) is 0 Å².